The van der Waals surface area contributed by atoms with Crippen molar-refractivity contribution in [2.75, 3.05) is 24.2 Å². The standard InChI is InChI=1S/C33H43N3O5S/c1-6-26(3)34-33(38)31(23-27-13-8-7-9-14-27)35(24-28-15-10-12-25(2)22-28)32(37)16-11-21-36(42(5,39)40)29-17-19-30(41-4)20-18-29/h7-10,12-15,17-20,22,26,31H,6,11,16,21,23-24H2,1-5H3,(H,34,38)/t26-,31+/m1/s1. The molecule has 0 spiro atoms. The molecule has 8 nitrogen and oxygen atoms in total. The van der Waals surface area contributed by atoms with Gasteiger partial charge in [0.15, 0.2) is 0 Å². The normalized spacial score (nSPS) is 12.7. The van der Waals surface area contributed by atoms with Crippen LogP contribution in [0.3, 0.4) is 0 Å². The van der Waals surface area contributed by atoms with Gasteiger partial charge in [0.25, 0.3) is 0 Å². The second-order valence-corrected chi connectivity index (χ2v) is 12.6. The van der Waals surface area contributed by atoms with Crippen molar-refractivity contribution in [1.82, 2.24) is 10.2 Å². The molecule has 42 heavy (non-hydrogen) atoms. The van der Waals surface area contributed by atoms with Crippen LogP contribution in [0.4, 0.5) is 5.69 Å². The Hall–Kier alpha value is -3.85. The van der Waals surface area contributed by atoms with Gasteiger partial charge in [0, 0.05) is 32.0 Å². The van der Waals surface area contributed by atoms with Crippen LogP contribution in [0.1, 0.15) is 49.8 Å². The topological polar surface area (TPSA) is 96.0 Å². The molecule has 0 fully saturated rings. The van der Waals surface area contributed by atoms with Gasteiger partial charge >= 0.3 is 0 Å². The van der Waals surface area contributed by atoms with Crippen LogP contribution < -0.4 is 14.4 Å². The zero-order valence-corrected chi connectivity index (χ0v) is 26.1. The number of sulfonamides is 1. The summed E-state index contributed by atoms with van der Waals surface area (Å²) in [5, 5.41) is 3.08. The summed E-state index contributed by atoms with van der Waals surface area (Å²) in [6.07, 6.45) is 2.64. The molecule has 0 aromatic heterocycles. The van der Waals surface area contributed by atoms with Crippen molar-refractivity contribution in [2.24, 2.45) is 0 Å². The highest BCUT2D eigenvalue weighted by molar-refractivity contribution is 7.92. The Labute approximate surface area is 250 Å². The van der Waals surface area contributed by atoms with Crippen molar-refractivity contribution < 1.29 is 22.7 Å². The first-order chi connectivity index (χ1) is 20.0. The Morgan fingerprint density at radius 1 is 0.952 bits per heavy atom. The molecule has 2 atom stereocenters. The van der Waals surface area contributed by atoms with Gasteiger partial charge in [-0.05, 0) is 62.1 Å². The number of ether oxygens (including phenoxy) is 1. The molecule has 0 aliphatic rings. The summed E-state index contributed by atoms with van der Waals surface area (Å²) in [5.74, 6) is 0.208. The summed E-state index contributed by atoms with van der Waals surface area (Å²) in [4.78, 5) is 29.3. The molecule has 9 heteroatoms. The lowest BCUT2D eigenvalue weighted by Crippen LogP contribution is -2.52. The highest BCUT2D eigenvalue weighted by Crippen LogP contribution is 2.23. The number of hydrogen-bond donors (Lipinski definition) is 1. The van der Waals surface area contributed by atoms with Gasteiger partial charge in [-0.25, -0.2) is 8.42 Å². The smallest absolute Gasteiger partial charge is 0.243 e. The number of nitrogens with zero attached hydrogens (tertiary/aromatic N) is 2. The second kappa shape index (κ2) is 15.4. The van der Waals surface area contributed by atoms with Crippen LogP contribution in [0.2, 0.25) is 0 Å². The number of rotatable bonds is 15. The molecule has 3 rings (SSSR count). The number of methoxy groups -OCH3 is 1. The van der Waals surface area contributed by atoms with E-state index in [9.17, 15) is 18.0 Å². The minimum absolute atomic E-state index is 0.0421. The van der Waals surface area contributed by atoms with Crippen molar-refractivity contribution in [3.8, 4) is 5.75 Å². The molecule has 0 saturated carbocycles. The van der Waals surface area contributed by atoms with E-state index in [-0.39, 0.29) is 43.8 Å². The van der Waals surface area contributed by atoms with Crippen molar-refractivity contribution in [2.45, 2.75) is 65.1 Å². The summed E-state index contributed by atoms with van der Waals surface area (Å²) in [5.41, 5.74) is 3.43. The maximum Gasteiger partial charge on any atom is 0.243 e. The van der Waals surface area contributed by atoms with E-state index in [1.54, 1.807) is 36.3 Å². The van der Waals surface area contributed by atoms with Gasteiger partial charge in [0.2, 0.25) is 21.8 Å². The van der Waals surface area contributed by atoms with Gasteiger partial charge < -0.3 is 15.0 Å². The molecule has 0 heterocycles. The highest BCUT2D eigenvalue weighted by Gasteiger charge is 2.31. The summed E-state index contributed by atoms with van der Waals surface area (Å²) < 4.78 is 31.8. The Morgan fingerprint density at radius 3 is 2.21 bits per heavy atom. The largest absolute Gasteiger partial charge is 0.497 e. The Morgan fingerprint density at radius 2 is 1.62 bits per heavy atom. The fraction of sp³-hybridized carbons (Fsp3) is 0.394. The van der Waals surface area contributed by atoms with Crippen LogP contribution in [0, 0.1) is 6.92 Å². The average Bonchev–Trinajstić information content (AvgIpc) is 2.97. The number of carbonyl (C=O) groups is 2. The number of hydrogen-bond acceptors (Lipinski definition) is 5. The fourth-order valence-corrected chi connectivity index (χ4v) is 5.72. The van der Waals surface area contributed by atoms with E-state index >= 15 is 0 Å². The van der Waals surface area contributed by atoms with Gasteiger partial charge in [-0.15, -0.1) is 0 Å². The molecule has 0 bridgehead atoms. The molecule has 3 aromatic carbocycles. The highest BCUT2D eigenvalue weighted by atomic mass is 32.2. The van der Waals surface area contributed by atoms with Crippen LogP contribution in [0.5, 0.6) is 5.75 Å². The zero-order valence-electron chi connectivity index (χ0n) is 25.2. The molecule has 0 saturated heterocycles. The van der Waals surface area contributed by atoms with E-state index in [0.29, 0.717) is 17.9 Å². The third-order valence-corrected chi connectivity index (χ3v) is 8.41. The Bertz CT molecular complexity index is 1410. The Balaban J connectivity index is 1.88. The summed E-state index contributed by atoms with van der Waals surface area (Å²) >= 11 is 0. The molecular weight excluding hydrogens is 550 g/mol. The first-order valence-corrected chi connectivity index (χ1v) is 16.2. The lowest BCUT2D eigenvalue weighted by Gasteiger charge is -2.33. The van der Waals surface area contributed by atoms with E-state index in [1.807, 2.05) is 75.4 Å². The van der Waals surface area contributed by atoms with Crippen LogP contribution in [-0.2, 0) is 32.6 Å². The second-order valence-electron chi connectivity index (χ2n) is 10.7. The summed E-state index contributed by atoms with van der Waals surface area (Å²) in [6, 6.07) is 23.6. The molecule has 226 valence electrons. The number of nitrogens with one attached hydrogen (secondary N) is 1. The molecule has 1 N–H and O–H groups in total. The first-order valence-electron chi connectivity index (χ1n) is 14.3. The van der Waals surface area contributed by atoms with E-state index in [2.05, 4.69) is 5.32 Å². The predicted molar refractivity (Wildman–Crippen MR) is 168 cm³/mol. The van der Waals surface area contributed by atoms with Crippen molar-refractivity contribution in [3.63, 3.8) is 0 Å². The van der Waals surface area contributed by atoms with Gasteiger partial charge in [-0.3, -0.25) is 13.9 Å². The average molecular weight is 594 g/mol. The molecule has 0 radical (unpaired) electrons. The molecule has 0 unspecified atom stereocenters. The lowest BCUT2D eigenvalue weighted by molar-refractivity contribution is -0.141. The Kier molecular flexibility index (Phi) is 12.0. The summed E-state index contributed by atoms with van der Waals surface area (Å²) in [6.45, 7) is 6.33. The van der Waals surface area contributed by atoms with Crippen LogP contribution in [-0.4, -0.2) is 57.1 Å². The third-order valence-electron chi connectivity index (χ3n) is 7.22. The number of aryl methyl sites for hydroxylation is 1. The molecule has 0 aliphatic heterocycles. The third kappa shape index (κ3) is 9.62. The van der Waals surface area contributed by atoms with Gasteiger partial charge in [0.05, 0.1) is 19.1 Å². The number of benzene rings is 3. The maximum atomic E-state index is 13.9. The minimum Gasteiger partial charge on any atom is -0.497 e. The first kappa shape index (κ1) is 32.7. The quantitative estimate of drug-likeness (QED) is 0.264. The molecule has 2 amide bonds. The van der Waals surface area contributed by atoms with Gasteiger partial charge in [0.1, 0.15) is 11.8 Å². The number of carbonyl (C=O) groups excluding carboxylic acids is 2. The van der Waals surface area contributed by atoms with Gasteiger partial charge in [-0.1, -0.05) is 67.1 Å². The number of amides is 2. The molecule has 0 aliphatic carbocycles. The zero-order chi connectivity index (χ0) is 30.7. The van der Waals surface area contributed by atoms with E-state index in [1.165, 1.54) is 4.31 Å². The maximum absolute atomic E-state index is 13.9. The monoisotopic (exact) mass is 593 g/mol. The van der Waals surface area contributed by atoms with Crippen molar-refractivity contribution in [1.29, 1.82) is 0 Å². The molecule has 3 aromatic rings. The minimum atomic E-state index is -3.59. The lowest BCUT2D eigenvalue weighted by atomic mass is 10.0. The van der Waals surface area contributed by atoms with Gasteiger partial charge in [-0.2, -0.15) is 0 Å². The van der Waals surface area contributed by atoms with Crippen LogP contribution >= 0.6 is 0 Å². The fourth-order valence-electron chi connectivity index (χ4n) is 4.75. The van der Waals surface area contributed by atoms with Crippen molar-refractivity contribution >= 4 is 27.5 Å². The van der Waals surface area contributed by atoms with E-state index in [4.69, 9.17) is 4.74 Å². The van der Waals surface area contributed by atoms with Crippen LogP contribution in [0.25, 0.3) is 0 Å². The summed E-state index contributed by atoms with van der Waals surface area (Å²) in [7, 11) is -2.05. The number of anilines is 1. The van der Waals surface area contributed by atoms with E-state index < -0.39 is 16.1 Å². The predicted octanol–water partition coefficient (Wildman–Crippen LogP) is 5.10. The molecular formula is C33H43N3O5S. The van der Waals surface area contributed by atoms with Crippen molar-refractivity contribution in [3.05, 3.63) is 95.6 Å². The SMILES string of the molecule is CC[C@@H](C)NC(=O)[C@H](Cc1ccccc1)N(Cc1cccc(C)c1)C(=O)CCCN(c1ccc(OC)cc1)S(C)(=O)=O. The van der Waals surface area contributed by atoms with Crippen LogP contribution in [0.15, 0.2) is 78.9 Å². The van der Waals surface area contributed by atoms with E-state index in [0.717, 1.165) is 29.4 Å².